The molecule has 2 aliphatic heterocycles. The van der Waals surface area contributed by atoms with E-state index in [1.165, 1.54) is 5.69 Å². The summed E-state index contributed by atoms with van der Waals surface area (Å²) in [6, 6.07) is 13.5. The van der Waals surface area contributed by atoms with Gasteiger partial charge in [0.05, 0.1) is 23.0 Å². The highest BCUT2D eigenvalue weighted by molar-refractivity contribution is 7.92. The lowest BCUT2D eigenvalue weighted by Gasteiger charge is -2.42. The van der Waals surface area contributed by atoms with Crippen LogP contribution in [-0.2, 0) is 14.4 Å². The van der Waals surface area contributed by atoms with Crippen LogP contribution in [0, 0.1) is 6.92 Å². The van der Waals surface area contributed by atoms with Crippen molar-refractivity contribution in [3.8, 4) is 0 Å². The molecule has 226 valence electrons. The van der Waals surface area contributed by atoms with Crippen molar-refractivity contribution in [3.05, 3.63) is 53.2 Å². The predicted molar refractivity (Wildman–Crippen MR) is 171 cm³/mol. The first-order chi connectivity index (χ1) is 19.9. The van der Waals surface area contributed by atoms with Crippen LogP contribution in [-0.4, -0.2) is 85.0 Å². The van der Waals surface area contributed by atoms with Gasteiger partial charge in [0.15, 0.2) is 20.8 Å². The van der Waals surface area contributed by atoms with Gasteiger partial charge in [-0.3, -0.25) is 4.90 Å². The topological polar surface area (TPSA) is 120 Å². The molecule has 10 nitrogen and oxygen atoms in total. The maximum Gasteiger partial charge on any atom is 0.249 e. The molecule has 2 fully saturated rings. The highest BCUT2D eigenvalue weighted by Crippen LogP contribution is 2.43. The van der Waals surface area contributed by atoms with Crippen molar-refractivity contribution in [1.82, 2.24) is 20.1 Å². The van der Waals surface area contributed by atoms with Crippen LogP contribution in [0.15, 0.2) is 47.4 Å². The molecule has 0 saturated carbocycles. The number of benzene rings is 2. The first-order valence-corrected chi connectivity index (χ1v) is 18.8. The van der Waals surface area contributed by atoms with Gasteiger partial charge in [0.2, 0.25) is 5.95 Å². The smallest absolute Gasteiger partial charge is 0.249 e. The normalized spacial score (nSPS) is 18.3. The van der Waals surface area contributed by atoms with Crippen LogP contribution in [0.4, 0.5) is 28.8 Å². The molecule has 3 heterocycles. The van der Waals surface area contributed by atoms with Gasteiger partial charge in [-0.25, -0.2) is 8.42 Å². The largest absolute Gasteiger partial charge is 0.371 e. The van der Waals surface area contributed by atoms with Crippen LogP contribution in [0.1, 0.15) is 32.3 Å². The van der Waals surface area contributed by atoms with E-state index in [-0.39, 0.29) is 21.8 Å². The van der Waals surface area contributed by atoms with Crippen LogP contribution in [0.25, 0.3) is 0 Å². The van der Waals surface area contributed by atoms with E-state index >= 15 is 0 Å². The van der Waals surface area contributed by atoms with Gasteiger partial charge in [0, 0.05) is 55.9 Å². The Hall–Kier alpha value is -2.72. The Morgan fingerprint density at radius 3 is 2.33 bits per heavy atom. The Morgan fingerprint density at radius 1 is 0.976 bits per heavy atom. The summed E-state index contributed by atoms with van der Waals surface area (Å²) in [6.45, 7) is 11.2. The van der Waals surface area contributed by atoms with Crippen LogP contribution in [0.2, 0.25) is 5.15 Å². The average Bonchev–Trinajstić information content (AvgIpc) is 2.96. The van der Waals surface area contributed by atoms with Gasteiger partial charge in [0.25, 0.3) is 0 Å². The standard InChI is InChI=1S/C29H39ClN7O3PS/c1-20(2)42(39,40)26-8-6-5-7-25(26)31-28-27(30)34-35-29(33-28)32-24-10-9-23(19-21(24)3)36-13-11-22(12-14-36)37-15-17-41(4,38)18-16-37/h5-10,19-20,22H,11-18H2,1-4H3,(H2,31,32,33,35). The third kappa shape index (κ3) is 6.91. The summed E-state index contributed by atoms with van der Waals surface area (Å²) < 4.78 is 38.1. The Kier molecular flexibility index (Phi) is 9.13. The zero-order valence-electron chi connectivity index (χ0n) is 24.5. The number of halogens is 1. The van der Waals surface area contributed by atoms with Crippen LogP contribution in [0.3, 0.4) is 0 Å². The van der Waals surface area contributed by atoms with E-state index in [1.54, 1.807) is 38.1 Å². The summed E-state index contributed by atoms with van der Waals surface area (Å²) in [5.41, 5.74) is 3.41. The number of nitrogens with zero attached hydrogens (tertiary/aromatic N) is 5. The molecule has 13 heteroatoms. The minimum atomic E-state index is -3.53. The molecule has 0 unspecified atom stereocenters. The summed E-state index contributed by atoms with van der Waals surface area (Å²) in [7, 11) is -5.44. The summed E-state index contributed by atoms with van der Waals surface area (Å²) in [6.07, 6.45) is 3.90. The van der Waals surface area contributed by atoms with E-state index in [2.05, 4.69) is 47.7 Å². The summed E-state index contributed by atoms with van der Waals surface area (Å²) >= 11 is 6.29. The fourth-order valence-corrected chi connectivity index (χ4v) is 8.42. The molecule has 2 aromatic carbocycles. The molecule has 1 aromatic heterocycles. The number of aromatic nitrogens is 3. The maximum atomic E-state index is 12.9. The molecule has 42 heavy (non-hydrogen) atoms. The monoisotopic (exact) mass is 631 g/mol. The van der Waals surface area contributed by atoms with Gasteiger partial charge < -0.3 is 20.1 Å². The van der Waals surface area contributed by atoms with Crippen molar-refractivity contribution in [2.45, 2.75) is 49.8 Å². The SMILES string of the molecule is Cc1cc(N2CCC(N3CCP(C)(=O)CC3)CC2)ccc1Nc1nnc(Cl)c(Nc2ccccc2S(=O)(=O)C(C)C)n1. The van der Waals surface area contributed by atoms with Crippen molar-refractivity contribution in [3.63, 3.8) is 0 Å². The molecule has 5 rings (SSSR count). The van der Waals surface area contributed by atoms with Crippen molar-refractivity contribution in [2.75, 3.05) is 60.7 Å². The Morgan fingerprint density at radius 2 is 1.67 bits per heavy atom. The van der Waals surface area contributed by atoms with Crippen LogP contribution >= 0.6 is 18.7 Å². The average molecular weight is 632 g/mol. The zero-order valence-corrected chi connectivity index (χ0v) is 27.0. The van der Waals surface area contributed by atoms with E-state index in [9.17, 15) is 13.0 Å². The number of piperidine rings is 1. The molecule has 0 bridgehead atoms. The molecule has 2 aliphatic rings. The number of hydrogen-bond donors (Lipinski definition) is 2. The van der Waals surface area contributed by atoms with E-state index in [0.717, 1.165) is 62.6 Å². The van der Waals surface area contributed by atoms with Crippen molar-refractivity contribution >= 4 is 57.4 Å². The minimum Gasteiger partial charge on any atom is -0.371 e. The van der Waals surface area contributed by atoms with Crippen molar-refractivity contribution in [1.29, 1.82) is 0 Å². The lowest BCUT2D eigenvalue weighted by Crippen LogP contribution is -2.48. The predicted octanol–water partition coefficient (Wildman–Crippen LogP) is 5.78. The quantitative estimate of drug-likeness (QED) is 0.296. The molecular weight excluding hydrogens is 593 g/mol. The lowest BCUT2D eigenvalue weighted by atomic mass is 10.0. The van der Waals surface area contributed by atoms with Gasteiger partial charge in [-0.05, 0) is 76.2 Å². The summed E-state index contributed by atoms with van der Waals surface area (Å²) in [5.74, 6) is 0.439. The number of anilines is 5. The molecule has 0 spiro atoms. The first-order valence-electron chi connectivity index (χ1n) is 14.4. The highest BCUT2D eigenvalue weighted by atomic mass is 35.5. The van der Waals surface area contributed by atoms with Gasteiger partial charge >= 0.3 is 0 Å². The molecule has 0 amide bonds. The Labute approximate surface area is 253 Å². The maximum absolute atomic E-state index is 12.9. The van der Waals surface area contributed by atoms with E-state index < -0.39 is 22.2 Å². The second-order valence-corrected chi connectivity index (χ2v) is 17.9. The summed E-state index contributed by atoms with van der Waals surface area (Å²) in [5, 5.41) is 13.8. The van der Waals surface area contributed by atoms with E-state index in [0.29, 0.717) is 11.7 Å². The molecule has 0 radical (unpaired) electrons. The van der Waals surface area contributed by atoms with Gasteiger partial charge in [-0.15, -0.1) is 10.2 Å². The summed E-state index contributed by atoms with van der Waals surface area (Å²) in [4.78, 5) is 9.63. The highest BCUT2D eigenvalue weighted by Gasteiger charge is 2.31. The molecule has 2 saturated heterocycles. The molecule has 0 aliphatic carbocycles. The fourth-order valence-electron chi connectivity index (χ4n) is 5.51. The number of nitrogens with one attached hydrogen (secondary N) is 2. The first kappa shape index (κ1) is 30.7. The van der Waals surface area contributed by atoms with E-state index in [1.807, 2.05) is 19.7 Å². The third-order valence-corrected chi connectivity index (χ3v) is 13.0. The molecule has 3 aromatic rings. The lowest BCUT2D eigenvalue weighted by molar-refractivity contribution is 0.182. The van der Waals surface area contributed by atoms with Crippen LogP contribution in [0.5, 0.6) is 0 Å². The third-order valence-electron chi connectivity index (χ3n) is 8.24. The van der Waals surface area contributed by atoms with Gasteiger partial charge in [-0.1, -0.05) is 23.7 Å². The van der Waals surface area contributed by atoms with Crippen LogP contribution < -0.4 is 15.5 Å². The number of aryl methyl sites for hydroxylation is 1. The molecular formula is C29H39ClN7O3PS. The number of sulfone groups is 1. The van der Waals surface area contributed by atoms with Gasteiger partial charge in [-0.2, -0.15) is 4.98 Å². The van der Waals surface area contributed by atoms with E-state index in [4.69, 9.17) is 11.6 Å². The number of hydrogen-bond acceptors (Lipinski definition) is 10. The zero-order chi connectivity index (χ0) is 30.1. The fraction of sp³-hybridized carbons (Fsp3) is 0.483. The number of para-hydroxylation sites is 1. The van der Waals surface area contributed by atoms with Gasteiger partial charge in [0.1, 0.15) is 0 Å². The molecule has 0 atom stereocenters. The minimum absolute atomic E-state index is 0.0287. The second kappa shape index (κ2) is 12.5. The number of rotatable bonds is 8. The second-order valence-electron chi connectivity index (χ2n) is 11.6. The Balaban J connectivity index is 1.25. The Bertz CT molecular complexity index is 1580. The van der Waals surface area contributed by atoms with Crippen molar-refractivity contribution < 1.29 is 13.0 Å². The molecule has 2 N–H and O–H groups in total. The van der Waals surface area contributed by atoms with Crippen molar-refractivity contribution in [2.24, 2.45) is 0 Å².